The van der Waals surface area contributed by atoms with Gasteiger partial charge in [0.1, 0.15) is 0 Å². The third-order valence-electron chi connectivity index (χ3n) is 5.33. The molecule has 7 nitrogen and oxygen atoms in total. The van der Waals surface area contributed by atoms with E-state index in [1.54, 1.807) is 56.7 Å². The first-order chi connectivity index (χ1) is 16.8. The highest BCUT2D eigenvalue weighted by atomic mass is 35.5. The smallest absolute Gasteiger partial charge is 0.203 e. The Bertz CT molecular complexity index is 1290. The molecular formula is C26H27ClO7S. The molecule has 0 fully saturated rings. The molecule has 0 N–H and O–H groups in total. The Hall–Kier alpha value is -3.36. The van der Waals surface area contributed by atoms with Crippen LogP contribution in [-0.2, 0) is 15.6 Å². The van der Waals surface area contributed by atoms with E-state index in [-0.39, 0.29) is 10.6 Å². The van der Waals surface area contributed by atoms with Gasteiger partial charge in [-0.3, -0.25) is 0 Å². The van der Waals surface area contributed by atoms with Crippen LogP contribution in [0.5, 0.6) is 28.7 Å². The highest BCUT2D eigenvalue weighted by Gasteiger charge is 2.22. The van der Waals surface area contributed by atoms with E-state index in [0.29, 0.717) is 44.9 Å². The Morgan fingerprint density at radius 2 is 1.29 bits per heavy atom. The van der Waals surface area contributed by atoms with Crippen LogP contribution in [0.4, 0.5) is 0 Å². The standard InChI is InChI=1S/C26H27ClO7S/c1-30-22-13-8-18(7-6-17-14-23(31-2)26(34-5)24(15-17)32-3)21(25(22)33-4)16-35(28,29)20-11-9-19(27)10-12-20/h6-15H,16H2,1-5H3/b7-6-. The van der Waals surface area contributed by atoms with Crippen LogP contribution in [0.2, 0.25) is 5.02 Å². The molecule has 0 heterocycles. The molecular weight excluding hydrogens is 492 g/mol. The zero-order valence-corrected chi connectivity index (χ0v) is 21.7. The van der Waals surface area contributed by atoms with Crippen molar-refractivity contribution in [2.45, 2.75) is 10.6 Å². The topological polar surface area (TPSA) is 80.3 Å². The summed E-state index contributed by atoms with van der Waals surface area (Å²) in [7, 11) is 3.88. The Morgan fingerprint density at radius 3 is 1.80 bits per heavy atom. The average Bonchev–Trinajstić information content (AvgIpc) is 2.86. The van der Waals surface area contributed by atoms with Gasteiger partial charge in [0.25, 0.3) is 0 Å². The number of hydrogen-bond acceptors (Lipinski definition) is 7. The molecule has 0 aliphatic heterocycles. The summed E-state index contributed by atoms with van der Waals surface area (Å²) in [6.45, 7) is 0. The lowest BCUT2D eigenvalue weighted by Crippen LogP contribution is -2.08. The van der Waals surface area contributed by atoms with E-state index in [1.165, 1.54) is 33.5 Å². The van der Waals surface area contributed by atoms with Crippen molar-refractivity contribution in [3.63, 3.8) is 0 Å². The minimum atomic E-state index is -3.71. The first-order valence-corrected chi connectivity index (χ1v) is 12.5. The van der Waals surface area contributed by atoms with Crippen molar-refractivity contribution in [1.82, 2.24) is 0 Å². The molecule has 0 aliphatic rings. The normalized spacial score (nSPS) is 11.4. The summed E-state index contributed by atoms with van der Waals surface area (Å²) >= 11 is 5.93. The molecule has 0 amide bonds. The lowest BCUT2D eigenvalue weighted by atomic mass is 10.0. The molecule has 35 heavy (non-hydrogen) atoms. The van der Waals surface area contributed by atoms with Crippen LogP contribution >= 0.6 is 11.6 Å². The molecule has 0 spiro atoms. The maximum Gasteiger partial charge on any atom is 0.203 e. The molecule has 3 aromatic carbocycles. The van der Waals surface area contributed by atoms with Gasteiger partial charge in [-0.15, -0.1) is 0 Å². The van der Waals surface area contributed by atoms with E-state index in [4.69, 9.17) is 35.3 Å². The average molecular weight is 519 g/mol. The molecule has 3 rings (SSSR count). The van der Waals surface area contributed by atoms with Gasteiger partial charge in [0.15, 0.2) is 32.8 Å². The largest absolute Gasteiger partial charge is 0.493 e. The van der Waals surface area contributed by atoms with Crippen molar-refractivity contribution in [3.8, 4) is 28.7 Å². The quantitative estimate of drug-likeness (QED) is 0.326. The maximum atomic E-state index is 13.2. The number of halogens is 1. The maximum absolute atomic E-state index is 13.2. The summed E-state index contributed by atoms with van der Waals surface area (Å²) in [6.07, 6.45) is 3.62. The molecule has 0 saturated heterocycles. The fourth-order valence-corrected chi connectivity index (χ4v) is 5.13. The molecule has 3 aromatic rings. The molecule has 0 radical (unpaired) electrons. The molecule has 0 unspecified atom stereocenters. The van der Waals surface area contributed by atoms with Crippen LogP contribution in [0.3, 0.4) is 0 Å². The fraction of sp³-hybridized carbons (Fsp3) is 0.231. The van der Waals surface area contributed by atoms with E-state index < -0.39 is 9.84 Å². The van der Waals surface area contributed by atoms with Gasteiger partial charge in [-0.05, 0) is 53.6 Å². The Morgan fingerprint density at radius 1 is 0.714 bits per heavy atom. The number of sulfone groups is 1. The van der Waals surface area contributed by atoms with Gasteiger partial charge in [-0.2, -0.15) is 0 Å². The van der Waals surface area contributed by atoms with E-state index >= 15 is 0 Å². The second-order valence-electron chi connectivity index (χ2n) is 7.37. The summed E-state index contributed by atoms with van der Waals surface area (Å²) in [5.74, 6) is 1.96. The number of benzene rings is 3. The van der Waals surface area contributed by atoms with Crippen molar-refractivity contribution in [3.05, 3.63) is 70.2 Å². The van der Waals surface area contributed by atoms with Crippen molar-refractivity contribution < 1.29 is 32.1 Å². The highest BCUT2D eigenvalue weighted by Crippen LogP contribution is 2.40. The van der Waals surface area contributed by atoms with Gasteiger partial charge < -0.3 is 23.7 Å². The summed E-state index contributed by atoms with van der Waals surface area (Å²) in [4.78, 5) is 0.159. The first-order valence-electron chi connectivity index (χ1n) is 10.5. The summed E-state index contributed by atoms with van der Waals surface area (Å²) in [5.41, 5.74) is 1.88. The number of ether oxygens (including phenoxy) is 5. The van der Waals surface area contributed by atoms with Gasteiger partial charge >= 0.3 is 0 Å². The van der Waals surface area contributed by atoms with Crippen LogP contribution < -0.4 is 23.7 Å². The molecule has 0 atom stereocenters. The summed E-state index contributed by atoms with van der Waals surface area (Å²) in [5, 5.41) is 0.455. The van der Waals surface area contributed by atoms with Crippen molar-refractivity contribution >= 4 is 33.6 Å². The van der Waals surface area contributed by atoms with Gasteiger partial charge in [-0.1, -0.05) is 29.8 Å². The second kappa shape index (κ2) is 11.4. The second-order valence-corrected chi connectivity index (χ2v) is 9.80. The molecule has 0 bridgehead atoms. The zero-order valence-electron chi connectivity index (χ0n) is 20.1. The minimum absolute atomic E-state index is 0.159. The lowest BCUT2D eigenvalue weighted by molar-refractivity contribution is 0.324. The van der Waals surface area contributed by atoms with Crippen molar-refractivity contribution in [1.29, 1.82) is 0 Å². The van der Waals surface area contributed by atoms with Crippen LogP contribution in [0.1, 0.15) is 16.7 Å². The SMILES string of the molecule is COc1cc(/C=C\c2ccc(OC)c(OC)c2CS(=O)(=O)c2ccc(Cl)cc2)cc(OC)c1OC. The predicted octanol–water partition coefficient (Wildman–Crippen LogP) is 5.53. The van der Waals surface area contributed by atoms with Crippen molar-refractivity contribution in [2.24, 2.45) is 0 Å². The third kappa shape index (κ3) is 5.83. The molecule has 186 valence electrons. The minimum Gasteiger partial charge on any atom is -0.493 e. The number of methoxy groups -OCH3 is 5. The third-order valence-corrected chi connectivity index (χ3v) is 7.25. The highest BCUT2D eigenvalue weighted by molar-refractivity contribution is 7.90. The van der Waals surface area contributed by atoms with Crippen LogP contribution in [0, 0.1) is 0 Å². The number of hydrogen-bond donors (Lipinski definition) is 0. The van der Waals surface area contributed by atoms with Gasteiger partial charge in [0.2, 0.25) is 5.75 Å². The summed E-state index contributed by atoms with van der Waals surface area (Å²) in [6, 6.07) is 13.1. The lowest BCUT2D eigenvalue weighted by Gasteiger charge is -2.16. The number of rotatable bonds is 10. The molecule has 0 aromatic heterocycles. The van der Waals surface area contributed by atoms with E-state index in [1.807, 2.05) is 6.08 Å². The Balaban J connectivity index is 2.10. The first kappa shape index (κ1) is 26.2. The predicted molar refractivity (Wildman–Crippen MR) is 137 cm³/mol. The Labute approximate surface area is 210 Å². The fourth-order valence-electron chi connectivity index (χ4n) is 3.61. The molecule has 0 saturated carbocycles. The van der Waals surface area contributed by atoms with Gasteiger partial charge in [-0.25, -0.2) is 8.42 Å². The van der Waals surface area contributed by atoms with E-state index in [2.05, 4.69) is 0 Å². The Kier molecular flexibility index (Phi) is 8.53. The van der Waals surface area contributed by atoms with E-state index in [0.717, 1.165) is 5.56 Å². The van der Waals surface area contributed by atoms with Crippen LogP contribution in [-0.4, -0.2) is 44.0 Å². The summed E-state index contributed by atoms with van der Waals surface area (Å²) < 4.78 is 53.7. The molecule has 0 aliphatic carbocycles. The van der Waals surface area contributed by atoms with Gasteiger partial charge in [0.05, 0.1) is 46.2 Å². The van der Waals surface area contributed by atoms with Crippen LogP contribution in [0.15, 0.2) is 53.4 Å². The molecule has 9 heteroatoms. The van der Waals surface area contributed by atoms with Crippen molar-refractivity contribution in [2.75, 3.05) is 35.5 Å². The van der Waals surface area contributed by atoms with Gasteiger partial charge in [0, 0.05) is 10.6 Å². The van der Waals surface area contributed by atoms with E-state index in [9.17, 15) is 8.42 Å². The van der Waals surface area contributed by atoms with Crippen LogP contribution in [0.25, 0.3) is 12.2 Å². The zero-order chi connectivity index (χ0) is 25.6. The monoisotopic (exact) mass is 518 g/mol.